The molecule has 4 heteroatoms. The van der Waals surface area contributed by atoms with Gasteiger partial charge in [0.25, 0.3) is 5.91 Å². The van der Waals surface area contributed by atoms with E-state index in [0.717, 1.165) is 12.8 Å². The Morgan fingerprint density at radius 2 is 2.20 bits per heavy atom. The molecular formula is C16H20N2O2. The second-order valence-corrected chi connectivity index (χ2v) is 5.08. The molecule has 1 aromatic rings. The molecule has 0 bridgehead atoms. The zero-order chi connectivity index (χ0) is 14.4. The number of carbonyl (C=O) groups excluding carboxylic acids is 1. The molecule has 1 aromatic carbocycles. The van der Waals surface area contributed by atoms with E-state index in [-0.39, 0.29) is 11.9 Å². The van der Waals surface area contributed by atoms with Gasteiger partial charge >= 0.3 is 0 Å². The van der Waals surface area contributed by atoms with Crippen LogP contribution in [-0.4, -0.2) is 30.5 Å². The number of hydrogen-bond acceptors (Lipinski definition) is 3. The predicted octanol–water partition coefficient (Wildman–Crippen LogP) is 2.99. The molecule has 1 aliphatic rings. The third-order valence-corrected chi connectivity index (χ3v) is 3.81. The Labute approximate surface area is 120 Å². The molecule has 0 atom stereocenters. The van der Waals surface area contributed by atoms with Crippen LogP contribution in [0.1, 0.15) is 42.5 Å². The van der Waals surface area contributed by atoms with Crippen LogP contribution in [-0.2, 0) is 0 Å². The van der Waals surface area contributed by atoms with Crippen LogP contribution >= 0.6 is 0 Å². The molecule has 2 rings (SSSR count). The van der Waals surface area contributed by atoms with E-state index in [0.29, 0.717) is 24.3 Å². The van der Waals surface area contributed by atoms with E-state index in [1.165, 1.54) is 12.8 Å². The lowest BCUT2D eigenvalue weighted by Gasteiger charge is -2.28. The number of rotatable bonds is 5. The predicted molar refractivity (Wildman–Crippen MR) is 76.5 cm³/mol. The number of ether oxygens (including phenoxy) is 1. The third kappa shape index (κ3) is 3.30. The first-order valence-corrected chi connectivity index (χ1v) is 7.08. The van der Waals surface area contributed by atoms with E-state index in [9.17, 15) is 4.79 Å². The van der Waals surface area contributed by atoms with Crippen molar-refractivity contribution in [2.24, 2.45) is 0 Å². The highest BCUT2D eigenvalue weighted by molar-refractivity contribution is 5.94. The summed E-state index contributed by atoms with van der Waals surface area (Å²) in [6.45, 7) is 0.511. The van der Waals surface area contributed by atoms with Crippen molar-refractivity contribution in [2.45, 2.75) is 38.1 Å². The van der Waals surface area contributed by atoms with Gasteiger partial charge in [-0.05, 0) is 31.0 Å². The molecule has 1 fully saturated rings. The van der Waals surface area contributed by atoms with Gasteiger partial charge in [-0.15, -0.1) is 0 Å². The lowest BCUT2D eigenvalue weighted by molar-refractivity contribution is 0.0686. The molecule has 0 N–H and O–H groups in total. The highest BCUT2D eigenvalue weighted by atomic mass is 16.5. The Morgan fingerprint density at radius 3 is 2.85 bits per heavy atom. The summed E-state index contributed by atoms with van der Waals surface area (Å²) in [5.74, 6) is 0.688. The smallest absolute Gasteiger partial charge is 0.254 e. The van der Waals surface area contributed by atoms with Gasteiger partial charge in [0.2, 0.25) is 0 Å². The topological polar surface area (TPSA) is 53.3 Å². The van der Waals surface area contributed by atoms with E-state index in [1.54, 1.807) is 19.2 Å². The fraction of sp³-hybridized carbons (Fsp3) is 0.500. The van der Waals surface area contributed by atoms with Gasteiger partial charge in [-0.1, -0.05) is 18.9 Å². The number of methoxy groups -OCH3 is 1. The van der Waals surface area contributed by atoms with Crippen molar-refractivity contribution in [3.63, 3.8) is 0 Å². The summed E-state index contributed by atoms with van der Waals surface area (Å²) < 4.78 is 5.17. The Bertz CT molecular complexity index is 501. The van der Waals surface area contributed by atoms with Crippen molar-refractivity contribution >= 4 is 5.91 Å². The van der Waals surface area contributed by atoms with Gasteiger partial charge in [-0.25, -0.2) is 0 Å². The monoisotopic (exact) mass is 272 g/mol. The first kappa shape index (κ1) is 14.4. The van der Waals surface area contributed by atoms with Gasteiger partial charge in [0.1, 0.15) is 5.75 Å². The average molecular weight is 272 g/mol. The van der Waals surface area contributed by atoms with Gasteiger partial charge in [0.15, 0.2) is 0 Å². The quantitative estimate of drug-likeness (QED) is 0.828. The molecule has 0 unspecified atom stereocenters. The number of benzene rings is 1. The van der Waals surface area contributed by atoms with Crippen molar-refractivity contribution in [3.8, 4) is 11.8 Å². The van der Waals surface area contributed by atoms with Gasteiger partial charge in [0.05, 0.1) is 19.6 Å². The molecule has 1 saturated carbocycles. The molecule has 20 heavy (non-hydrogen) atoms. The Kier molecular flexibility index (Phi) is 5.00. The van der Waals surface area contributed by atoms with Gasteiger partial charge in [-0.2, -0.15) is 5.26 Å². The first-order valence-electron chi connectivity index (χ1n) is 7.08. The van der Waals surface area contributed by atoms with Crippen molar-refractivity contribution in [1.82, 2.24) is 4.90 Å². The molecule has 0 heterocycles. The molecule has 1 amide bonds. The van der Waals surface area contributed by atoms with E-state index in [1.807, 2.05) is 17.0 Å². The highest BCUT2D eigenvalue weighted by Gasteiger charge is 2.27. The molecule has 0 spiro atoms. The summed E-state index contributed by atoms with van der Waals surface area (Å²) in [5, 5.41) is 8.78. The largest absolute Gasteiger partial charge is 0.497 e. The third-order valence-electron chi connectivity index (χ3n) is 3.81. The normalized spacial score (nSPS) is 14.8. The molecule has 0 saturated heterocycles. The molecule has 1 aliphatic carbocycles. The van der Waals surface area contributed by atoms with Crippen LogP contribution in [0.4, 0.5) is 0 Å². The van der Waals surface area contributed by atoms with Crippen LogP contribution in [0.25, 0.3) is 0 Å². The Morgan fingerprint density at radius 1 is 1.45 bits per heavy atom. The van der Waals surface area contributed by atoms with Crippen LogP contribution in [0, 0.1) is 11.3 Å². The minimum Gasteiger partial charge on any atom is -0.497 e. The molecular weight excluding hydrogens is 252 g/mol. The first-order chi connectivity index (χ1) is 9.76. The van der Waals surface area contributed by atoms with Gasteiger partial charge in [0, 0.05) is 18.2 Å². The van der Waals surface area contributed by atoms with Crippen LogP contribution in [0.2, 0.25) is 0 Å². The standard InChI is InChI=1S/C16H20N2O2/c1-20-15-9-4-6-13(12-15)16(19)18(11-5-10-17)14-7-2-3-8-14/h4,6,9,12,14H,2-3,5,7-8,11H2,1H3. The maximum Gasteiger partial charge on any atom is 0.254 e. The minimum atomic E-state index is 0.00560. The summed E-state index contributed by atoms with van der Waals surface area (Å²) in [4.78, 5) is 14.5. The zero-order valence-corrected chi connectivity index (χ0v) is 11.8. The van der Waals surface area contributed by atoms with E-state index in [2.05, 4.69) is 6.07 Å². The lowest BCUT2D eigenvalue weighted by Crippen LogP contribution is -2.39. The second-order valence-electron chi connectivity index (χ2n) is 5.08. The SMILES string of the molecule is COc1cccc(C(=O)N(CCC#N)C2CCCC2)c1. The fourth-order valence-electron chi connectivity index (χ4n) is 2.76. The number of nitriles is 1. The second kappa shape index (κ2) is 6.95. The molecule has 0 aliphatic heterocycles. The van der Waals surface area contributed by atoms with E-state index in [4.69, 9.17) is 10.00 Å². The average Bonchev–Trinajstić information content (AvgIpc) is 3.01. The maximum absolute atomic E-state index is 12.7. The summed E-state index contributed by atoms with van der Waals surface area (Å²) in [5.41, 5.74) is 0.634. The molecule has 106 valence electrons. The minimum absolute atomic E-state index is 0.00560. The van der Waals surface area contributed by atoms with Crippen LogP contribution in [0.15, 0.2) is 24.3 Å². The number of nitrogens with zero attached hydrogens (tertiary/aromatic N) is 2. The number of hydrogen-bond donors (Lipinski definition) is 0. The van der Waals surface area contributed by atoms with Gasteiger partial charge in [-0.3, -0.25) is 4.79 Å². The van der Waals surface area contributed by atoms with E-state index >= 15 is 0 Å². The number of amides is 1. The van der Waals surface area contributed by atoms with Crippen molar-refractivity contribution in [3.05, 3.63) is 29.8 Å². The fourth-order valence-corrected chi connectivity index (χ4v) is 2.76. The van der Waals surface area contributed by atoms with Crippen LogP contribution < -0.4 is 4.74 Å². The summed E-state index contributed by atoms with van der Waals surface area (Å²) in [6.07, 6.45) is 4.80. The zero-order valence-electron chi connectivity index (χ0n) is 11.8. The molecule has 4 nitrogen and oxygen atoms in total. The van der Waals surface area contributed by atoms with Crippen LogP contribution in [0.3, 0.4) is 0 Å². The highest BCUT2D eigenvalue weighted by Crippen LogP contribution is 2.25. The van der Waals surface area contributed by atoms with Crippen molar-refractivity contribution < 1.29 is 9.53 Å². The van der Waals surface area contributed by atoms with Crippen LogP contribution in [0.5, 0.6) is 5.75 Å². The molecule has 0 radical (unpaired) electrons. The number of carbonyl (C=O) groups is 1. The van der Waals surface area contributed by atoms with Crippen molar-refractivity contribution in [2.75, 3.05) is 13.7 Å². The van der Waals surface area contributed by atoms with E-state index < -0.39 is 0 Å². The van der Waals surface area contributed by atoms with Gasteiger partial charge < -0.3 is 9.64 Å². The summed E-state index contributed by atoms with van der Waals surface area (Å²) >= 11 is 0. The summed E-state index contributed by atoms with van der Waals surface area (Å²) in [6, 6.07) is 9.62. The maximum atomic E-state index is 12.7. The summed E-state index contributed by atoms with van der Waals surface area (Å²) in [7, 11) is 1.59. The lowest BCUT2D eigenvalue weighted by atomic mass is 10.1. The molecule has 0 aromatic heterocycles. The Balaban J connectivity index is 2.18. The Hall–Kier alpha value is -2.02. The van der Waals surface area contributed by atoms with Crippen molar-refractivity contribution in [1.29, 1.82) is 5.26 Å².